The average Bonchev–Trinajstić information content (AvgIpc) is 3.18. The summed E-state index contributed by atoms with van der Waals surface area (Å²) in [7, 11) is 0. The zero-order chi connectivity index (χ0) is 22.9. The van der Waals surface area contributed by atoms with Gasteiger partial charge in [-0.15, -0.1) is 0 Å². The Hall–Kier alpha value is -3.71. The van der Waals surface area contributed by atoms with Crippen LogP contribution in [0, 0.1) is 5.41 Å². The highest BCUT2D eigenvalue weighted by Crippen LogP contribution is 2.26. The van der Waals surface area contributed by atoms with Gasteiger partial charge in [-0.3, -0.25) is 10.2 Å². The zero-order valence-electron chi connectivity index (χ0n) is 18.1. The number of aromatic nitrogens is 1. The molecule has 4 aromatic rings. The third-order valence-electron chi connectivity index (χ3n) is 6.38. The highest BCUT2D eigenvalue weighted by molar-refractivity contribution is 6.02. The summed E-state index contributed by atoms with van der Waals surface area (Å²) in [5, 5.41) is 16.9. The van der Waals surface area contributed by atoms with Gasteiger partial charge in [-0.1, -0.05) is 54.6 Å². The summed E-state index contributed by atoms with van der Waals surface area (Å²) in [5.41, 5.74) is 8.66. The number of halogens is 1. The number of benzene rings is 3. The number of carbonyl (C=O) groups excluding carboxylic acids is 1. The van der Waals surface area contributed by atoms with Crippen molar-refractivity contribution >= 4 is 33.4 Å². The van der Waals surface area contributed by atoms with Crippen LogP contribution in [0.1, 0.15) is 28.0 Å². The van der Waals surface area contributed by atoms with E-state index in [0.717, 1.165) is 27.2 Å². The summed E-state index contributed by atoms with van der Waals surface area (Å²) in [6.45, 7) is 1.37. The number of nitrogen functional groups attached to an aromatic ring is 1. The molecule has 168 valence electrons. The molecule has 0 saturated carbocycles. The number of amidine groups is 1. The number of carbonyl (C=O) groups is 1. The molecule has 0 radical (unpaired) electrons. The summed E-state index contributed by atoms with van der Waals surface area (Å²) in [6, 6.07) is 21.0. The third kappa shape index (κ3) is 4.07. The molecule has 7 heteroatoms. The van der Waals surface area contributed by atoms with Crippen LogP contribution in [0.15, 0.2) is 66.7 Å². The normalized spacial score (nSPS) is 18.5. The Kier molecular flexibility index (Phi) is 5.56. The van der Waals surface area contributed by atoms with Gasteiger partial charge < -0.3 is 20.9 Å². The molecule has 0 spiro atoms. The fraction of sp³-hybridized carbons (Fsp3) is 0.231. The number of fused-ring (bicyclic) bond motifs is 2. The lowest BCUT2D eigenvalue weighted by Crippen LogP contribution is -2.51. The number of hydrogen-bond acceptors (Lipinski definition) is 3. The molecule has 1 saturated heterocycles. The van der Waals surface area contributed by atoms with Gasteiger partial charge in [0.05, 0.1) is 6.04 Å². The number of amides is 1. The summed E-state index contributed by atoms with van der Waals surface area (Å²) < 4.78 is 16.3. The van der Waals surface area contributed by atoms with Crippen LogP contribution in [0.25, 0.3) is 21.7 Å². The van der Waals surface area contributed by atoms with Gasteiger partial charge in [0.15, 0.2) is 0 Å². The van der Waals surface area contributed by atoms with Crippen LogP contribution in [0.2, 0.25) is 0 Å². The fourth-order valence-corrected chi connectivity index (χ4v) is 4.61. The lowest BCUT2D eigenvalue weighted by Gasteiger charge is -2.27. The summed E-state index contributed by atoms with van der Waals surface area (Å²) in [6.07, 6.45) is -0.576. The summed E-state index contributed by atoms with van der Waals surface area (Å²) >= 11 is 0. The first-order valence-electron chi connectivity index (χ1n) is 11.1. The van der Waals surface area contributed by atoms with Crippen molar-refractivity contribution in [2.24, 2.45) is 5.73 Å². The summed E-state index contributed by atoms with van der Waals surface area (Å²) in [5.74, 6) is -0.332. The van der Waals surface area contributed by atoms with E-state index < -0.39 is 12.2 Å². The van der Waals surface area contributed by atoms with Crippen LogP contribution in [0.3, 0.4) is 0 Å². The number of alkyl halides is 1. The Labute approximate surface area is 191 Å². The maximum absolute atomic E-state index is 14.4. The monoisotopic (exact) mass is 443 g/mol. The quantitative estimate of drug-likeness (QED) is 0.281. The van der Waals surface area contributed by atoms with Crippen LogP contribution in [0.5, 0.6) is 0 Å². The molecule has 1 aromatic heterocycles. The van der Waals surface area contributed by atoms with Crippen molar-refractivity contribution < 1.29 is 9.18 Å². The molecule has 1 aliphatic heterocycles. The lowest BCUT2D eigenvalue weighted by atomic mass is 10.0. The predicted octanol–water partition coefficient (Wildman–Crippen LogP) is 3.56. The van der Waals surface area contributed by atoms with Gasteiger partial charge in [-0.2, -0.15) is 0 Å². The first-order chi connectivity index (χ1) is 16.0. The van der Waals surface area contributed by atoms with Gasteiger partial charge in [0, 0.05) is 29.6 Å². The second kappa shape index (κ2) is 8.67. The predicted molar refractivity (Wildman–Crippen MR) is 130 cm³/mol. The SMILES string of the molecule is N=C(N)c1ccc2cc(C(=O)NC3CCNC[C@@H]3F)n(Cc3cccc4ccccc34)c2c1. The van der Waals surface area contributed by atoms with Crippen molar-refractivity contribution in [3.05, 3.63) is 83.6 Å². The van der Waals surface area contributed by atoms with E-state index in [2.05, 4.69) is 34.9 Å². The number of rotatable bonds is 5. The molecule has 3 aromatic carbocycles. The lowest BCUT2D eigenvalue weighted by molar-refractivity contribution is 0.0884. The van der Waals surface area contributed by atoms with E-state index in [-0.39, 0.29) is 18.3 Å². The van der Waals surface area contributed by atoms with Crippen LogP contribution in [0.4, 0.5) is 4.39 Å². The number of hydrogen-bond donors (Lipinski definition) is 4. The molecule has 1 fully saturated rings. The van der Waals surface area contributed by atoms with Gasteiger partial charge in [-0.25, -0.2) is 4.39 Å². The topological polar surface area (TPSA) is 95.9 Å². The van der Waals surface area contributed by atoms with Crippen molar-refractivity contribution in [2.45, 2.75) is 25.2 Å². The average molecular weight is 444 g/mol. The van der Waals surface area contributed by atoms with Crippen LogP contribution >= 0.6 is 0 Å². The van der Waals surface area contributed by atoms with Gasteiger partial charge >= 0.3 is 0 Å². The van der Waals surface area contributed by atoms with E-state index in [4.69, 9.17) is 11.1 Å². The molecular formula is C26H26FN5O. The molecule has 0 bridgehead atoms. The first kappa shape index (κ1) is 21.2. The Morgan fingerprint density at radius 2 is 1.94 bits per heavy atom. The molecule has 1 amide bonds. The van der Waals surface area contributed by atoms with E-state index in [1.165, 1.54) is 0 Å². The minimum absolute atomic E-state index is 0.0317. The fourth-order valence-electron chi connectivity index (χ4n) is 4.61. The Morgan fingerprint density at radius 1 is 1.12 bits per heavy atom. The minimum Gasteiger partial charge on any atom is -0.384 e. The molecule has 6 nitrogen and oxygen atoms in total. The maximum Gasteiger partial charge on any atom is 0.268 e. The smallest absolute Gasteiger partial charge is 0.268 e. The first-order valence-corrected chi connectivity index (χ1v) is 11.1. The largest absolute Gasteiger partial charge is 0.384 e. The van der Waals surface area contributed by atoms with E-state index in [9.17, 15) is 9.18 Å². The molecular weight excluding hydrogens is 417 g/mol. The van der Waals surface area contributed by atoms with Crippen molar-refractivity contribution in [1.82, 2.24) is 15.2 Å². The van der Waals surface area contributed by atoms with Gasteiger partial charge in [0.1, 0.15) is 17.7 Å². The molecule has 2 heterocycles. The van der Waals surface area contributed by atoms with E-state index in [1.54, 1.807) is 6.07 Å². The minimum atomic E-state index is -1.12. The van der Waals surface area contributed by atoms with E-state index in [1.807, 2.05) is 41.0 Å². The molecule has 5 rings (SSSR count). The highest BCUT2D eigenvalue weighted by Gasteiger charge is 2.27. The van der Waals surface area contributed by atoms with Crippen LogP contribution in [-0.2, 0) is 6.54 Å². The second-order valence-corrected chi connectivity index (χ2v) is 8.53. The molecule has 33 heavy (non-hydrogen) atoms. The van der Waals surface area contributed by atoms with Crippen molar-refractivity contribution in [1.29, 1.82) is 5.41 Å². The van der Waals surface area contributed by atoms with Gasteiger partial charge in [0.2, 0.25) is 0 Å². The number of nitrogens with two attached hydrogens (primary N) is 1. The molecule has 2 atom stereocenters. The number of piperidine rings is 1. The Bertz CT molecular complexity index is 1360. The zero-order valence-corrected chi connectivity index (χ0v) is 18.1. The van der Waals surface area contributed by atoms with Crippen LogP contribution < -0.4 is 16.4 Å². The Balaban J connectivity index is 1.60. The van der Waals surface area contributed by atoms with Gasteiger partial charge in [-0.05, 0) is 41.4 Å². The molecule has 0 aliphatic carbocycles. The van der Waals surface area contributed by atoms with Gasteiger partial charge in [0.25, 0.3) is 5.91 Å². The van der Waals surface area contributed by atoms with E-state index >= 15 is 0 Å². The third-order valence-corrected chi connectivity index (χ3v) is 6.38. The Morgan fingerprint density at radius 3 is 2.76 bits per heavy atom. The molecule has 1 unspecified atom stereocenters. The molecule has 5 N–H and O–H groups in total. The molecule has 1 aliphatic rings. The standard InChI is InChI=1S/C26H26FN5O/c27-21-14-30-11-10-22(21)31-26(33)24-12-17-8-9-18(25(28)29)13-23(17)32(24)15-19-6-3-5-16-4-1-2-7-20(16)19/h1-9,12-13,21-22,30H,10-11,14-15H2,(H3,28,29)(H,31,33)/t21-,22?/m0/s1. The second-order valence-electron chi connectivity index (χ2n) is 8.53. The number of nitrogens with one attached hydrogen (secondary N) is 3. The van der Waals surface area contributed by atoms with Crippen molar-refractivity contribution in [3.63, 3.8) is 0 Å². The van der Waals surface area contributed by atoms with Crippen molar-refractivity contribution in [2.75, 3.05) is 13.1 Å². The summed E-state index contributed by atoms with van der Waals surface area (Å²) in [4.78, 5) is 13.3. The number of nitrogens with zero attached hydrogens (tertiary/aromatic N) is 1. The highest BCUT2D eigenvalue weighted by atomic mass is 19.1. The van der Waals surface area contributed by atoms with Crippen molar-refractivity contribution in [3.8, 4) is 0 Å². The van der Waals surface area contributed by atoms with E-state index in [0.29, 0.717) is 30.8 Å². The van der Waals surface area contributed by atoms with Crippen LogP contribution in [-0.4, -0.2) is 41.6 Å². The maximum atomic E-state index is 14.4.